The van der Waals surface area contributed by atoms with Crippen molar-refractivity contribution in [3.05, 3.63) is 72.7 Å². The average Bonchev–Trinajstić information content (AvgIpc) is 3.50. The zero-order chi connectivity index (χ0) is 23.7. The van der Waals surface area contributed by atoms with Gasteiger partial charge >= 0.3 is 0 Å². The van der Waals surface area contributed by atoms with Gasteiger partial charge in [-0.15, -0.1) is 0 Å². The number of nitrogens with one attached hydrogen (secondary N) is 1. The summed E-state index contributed by atoms with van der Waals surface area (Å²) in [6, 6.07) is 17.3. The molecular weight excluding hydrogens is 430 g/mol. The van der Waals surface area contributed by atoms with Crippen molar-refractivity contribution in [1.82, 2.24) is 19.8 Å². The fourth-order valence-electron chi connectivity index (χ4n) is 5.04. The van der Waals surface area contributed by atoms with Crippen LogP contribution in [0.25, 0.3) is 5.82 Å². The second kappa shape index (κ2) is 8.85. The molecule has 176 valence electrons. The monoisotopic (exact) mass is 459 g/mol. The number of pyridine rings is 1. The van der Waals surface area contributed by atoms with Crippen molar-refractivity contribution in [2.24, 2.45) is 0 Å². The highest BCUT2D eigenvalue weighted by Crippen LogP contribution is 2.46. The lowest BCUT2D eigenvalue weighted by atomic mass is 9.88. The smallest absolute Gasteiger partial charge is 0.260 e. The minimum absolute atomic E-state index is 0.0208. The number of benzene rings is 1. The number of hydrogen-bond acceptors (Lipinski definition) is 5. The van der Waals surface area contributed by atoms with E-state index in [2.05, 4.69) is 25.8 Å². The largest absolute Gasteiger partial charge is 0.484 e. The summed E-state index contributed by atoms with van der Waals surface area (Å²) in [4.78, 5) is 34.6. The number of carbonyl (C=O) groups excluding carboxylic acids is 2. The fourth-order valence-corrected chi connectivity index (χ4v) is 5.04. The van der Waals surface area contributed by atoms with Gasteiger partial charge in [0.05, 0.1) is 17.9 Å². The number of anilines is 1. The topological polar surface area (TPSA) is 79.7 Å². The highest BCUT2D eigenvalue weighted by molar-refractivity contribution is 5.84. The van der Waals surface area contributed by atoms with Crippen LogP contribution in [0.3, 0.4) is 0 Å². The molecule has 1 N–H and O–H groups in total. The molecule has 1 atom stereocenters. The molecule has 5 rings (SSSR count). The van der Waals surface area contributed by atoms with E-state index in [9.17, 15) is 9.59 Å². The Hall–Kier alpha value is -3.81. The van der Waals surface area contributed by atoms with Gasteiger partial charge in [-0.25, -0.2) is 4.98 Å². The summed E-state index contributed by atoms with van der Waals surface area (Å²) in [5.74, 6) is 1.34. The number of nitrogens with zero attached hydrogens (tertiary/aromatic N) is 4. The standard InChI is InChI=1S/C26H29N5O3/c1-19(2)28-23(32)16-31-21-10-6-13-27-25(21)30-14-7-11-22(30)26(31)12-15-29(18-26)24(33)17-34-20-8-4-3-5-9-20/h3-11,13-14,19H,12,15-18H2,1-2H3,(H,28,32)/t26-/m0/s1. The number of aromatic nitrogens is 2. The molecule has 0 aliphatic carbocycles. The first-order chi connectivity index (χ1) is 16.5. The highest BCUT2D eigenvalue weighted by Gasteiger charge is 2.51. The molecule has 2 amide bonds. The van der Waals surface area contributed by atoms with Gasteiger partial charge in [-0.2, -0.15) is 0 Å². The van der Waals surface area contributed by atoms with Crippen molar-refractivity contribution in [2.75, 3.05) is 31.1 Å². The zero-order valence-corrected chi connectivity index (χ0v) is 19.5. The van der Waals surface area contributed by atoms with E-state index in [1.165, 1.54) is 0 Å². The summed E-state index contributed by atoms with van der Waals surface area (Å²) in [5.41, 5.74) is 1.39. The van der Waals surface area contributed by atoms with Crippen molar-refractivity contribution in [2.45, 2.75) is 31.8 Å². The van der Waals surface area contributed by atoms with Crippen LogP contribution in [0.15, 0.2) is 67.0 Å². The molecule has 2 aromatic heterocycles. The molecule has 34 heavy (non-hydrogen) atoms. The summed E-state index contributed by atoms with van der Waals surface area (Å²) in [5, 5.41) is 3.01. The first-order valence-electron chi connectivity index (χ1n) is 11.6. The maximum absolute atomic E-state index is 13.1. The van der Waals surface area contributed by atoms with E-state index in [1.807, 2.05) is 73.5 Å². The summed E-state index contributed by atoms with van der Waals surface area (Å²) in [7, 11) is 0. The predicted molar refractivity (Wildman–Crippen MR) is 129 cm³/mol. The van der Waals surface area contributed by atoms with Crippen molar-refractivity contribution in [3.8, 4) is 11.6 Å². The minimum Gasteiger partial charge on any atom is -0.484 e. The molecule has 1 fully saturated rings. The summed E-state index contributed by atoms with van der Waals surface area (Å²) >= 11 is 0. The van der Waals surface area contributed by atoms with Gasteiger partial charge in [-0.1, -0.05) is 18.2 Å². The Labute approximate surface area is 199 Å². The number of para-hydroxylation sites is 1. The van der Waals surface area contributed by atoms with Gasteiger partial charge in [0.2, 0.25) is 5.91 Å². The summed E-state index contributed by atoms with van der Waals surface area (Å²) in [6.07, 6.45) is 4.47. The SMILES string of the molecule is CC(C)NC(=O)CN1c2cccnc2-n2cccc2[C@@]12CCN(C(=O)COc1ccccc1)C2. The van der Waals surface area contributed by atoms with Crippen LogP contribution in [0.5, 0.6) is 5.75 Å². The van der Waals surface area contributed by atoms with Gasteiger partial charge in [-0.3, -0.25) is 9.59 Å². The summed E-state index contributed by atoms with van der Waals surface area (Å²) in [6.45, 7) is 5.12. The number of ether oxygens (including phenoxy) is 1. The second-order valence-electron chi connectivity index (χ2n) is 9.12. The normalized spacial score (nSPS) is 18.7. The van der Waals surface area contributed by atoms with Gasteiger partial charge in [0, 0.05) is 31.5 Å². The third-order valence-electron chi connectivity index (χ3n) is 6.48. The third kappa shape index (κ3) is 3.89. The van der Waals surface area contributed by atoms with E-state index < -0.39 is 5.54 Å². The zero-order valence-electron chi connectivity index (χ0n) is 19.5. The van der Waals surface area contributed by atoms with Gasteiger partial charge in [0.25, 0.3) is 5.91 Å². The fraction of sp³-hybridized carbons (Fsp3) is 0.346. The van der Waals surface area contributed by atoms with Gasteiger partial charge in [0.15, 0.2) is 12.4 Å². The van der Waals surface area contributed by atoms with E-state index in [1.54, 1.807) is 6.20 Å². The van der Waals surface area contributed by atoms with Gasteiger partial charge in [-0.05, 0) is 56.7 Å². The highest BCUT2D eigenvalue weighted by atomic mass is 16.5. The molecule has 3 aromatic rings. The quantitative estimate of drug-likeness (QED) is 0.613. The van der Waals surface area contributed by atoms with Crippen molar-refractivity contribution >= 4 is 17.5 Å². The Morgan fingerprint density at radius 1 is 1.12 bits per heavy atom. The molecule has 1 aromatic carbocycles. The predicted octanol–water partition coefficient (Wildman–Crippen LogP) is 2.72. The Morgan fingerprint density at radius 2 is 1.94 bits per heavy atom. The molecule has 0 bridgehead atoms. The molecule has 2 aliphatic rings. The number of rotatable bonds is 6. The lowest BCUT2D eigenvalue weighted by Gasteiger charge is -2.46. The first-order valence-corrected chi connectivity index (χ1v) is 11.6. The summed E-state index contributed by atoms with van der Waals surface area (Å²) < 4.78 is 7.80. The Balaban J connectivity index is 1.44. The van der Waals surface area contributed by atoms with Crippen molar-refractivity contribution in [1.29, 1.82) is 0 Å². The molecule has 0 unspecified atom stereocenters. The minimum atomic E-state index is -0.531. The molecule has 4 heterocycles. The van der Waals surface area contributed by atoms with E-state index in [0.717, 1.165) is 17.2 Å². The molecule has 1 saturated heterocycles. The van der Waals surface area contributed by atoms with Gasteiger partial charge in [0.1, 0.15) is 11.3 Å². The Kier molecular flexibility index (Phi) is 5.73. The molecule has 8 nitrogen and oxygen atoms in total. The van der Waals surface area contributed by atoms with Gasteiger partial charge < -0.3 is 24.4 Å². The molecule has 2 aliphatic heterocycles. The van der Waals surface area contributed by atoms with Crippen molar-refractivity contribution < 1.29 is 14.3 Å². The number of fused-ring (bicyclic) bond motifs is 4. The van der Waals surface area contributed by atoms with Crippen LogP contribution in [-0.2, 0) is 15.1 Å². The van der Waals surface area contributed by atoms with Crippen LogP contribution in [-0.4, -0.2) is 58.5 Å². The lowest BCUT2D eigenvalue weighted by molar-refractivity contribution is -0.132. The van der Waals surface area contributed by atoms with E-state index in [0.29, 0.717) is 25.3 Å². The molecule has 8 heteroatoms. The van der Waals surface area contributed by atoms with Crippen LogP contribution in [0.1, 0.15) is 26.0 Å². The molecular formula is C26H29N5O3. The van der Waals surface area contributed by atoms with Crippen LogP contribution in [0.4, 0.5) is 5.69 Å². The van der Waals surface area contributed by atoms with E-state index in [4.69, 9.17) is 4.74 Å². The maximum Gasteiger partial charge on any atom is 0.260 e. The van der Waals surface area contributed by atoms with Crippen molar-refractivity contribution in [3.63, 3.8) is 0 Å². The molecule has 1 spiro atoms. The number of hydrogen-bond donors (Lipinski definition) is 1. The van der Waals surface area contributed by atoms with E-state index >= 15 is 0 Å². The molecule has 0 saturated carbocycles. The number of likely N-dealkylation sites (tertiary alicyclic amines) is 1. The third-order valence-corrected chi connectivity index (χ3v) is 6.48. The number of amides is 2. The second-order valence-corrected chi connectivity index (χ2v) is 9.12. The number of carbonyl (C=O) groups is 2. The first kappa shape index (κ1) is 22.0. The maximum atomic E-state index is 13.1. The average molecular weight is 460 g/mol. The van der Waals surface area contributed by atoms with E-state index in [-0.39, 0.29) is 31.0 Å². The van der Waals surface area contributed by atoms with Crippen LogP contribution < -0.4 is 15.0 Å². The van der Waals surface area contributed by atoms with Crippen LogP contribution in [0, 0.1) is 0 Å². The lowest BCUT2D eigenvalue weighted by Crippen LogP contribution is -2.56. The van der Waals surface area contributed by atoms with Crippen LogP contribution in [0.2, 0.25) is 0 Å². The Morgan fingerprint density at radius 3 is 2.74 bits per heavy atom. The Bertz CT molecular complexity index is 1190. The van der Waals surface area contributed by atoms with Crippen LogP contribution >= 0.6 is 0 Å². The molecule has 0 radical (unpaired) electrons.